The Kier molecular flexibility index (Phi) is 4.75. The number of aryl methyl sites for hydroxylation is 1. The molecule has 0 spiro atoms. The highest BCUT2D eigenvalue weighted by Gasteiger charge is 2.33. The van der Waals surface area contributed by atoms with Gasteiger partial charge in [0.05, 0.1) is 10.5 Å². The second kappa shape index (κ2) is 6.06. The highest BCUT2D eigenvalue weighted by atomic mass is 79.9. The molecule has 116 valence electrons. The van der Waals surface area contributed by atoms with Crippen LogP contribution in [0.3, 0.4) is 0 Å². The maximum absolute atomic E-state index is 12.8. The maximum Gasteiger partial charge on any atom is 0.335 e. The fourth-order valence-corrected chi connectivity index (χ4v) is 5.31. The van der Waals surface area contributed by atoms with Crippen LogP contribution in [0.25, 0.3) is 0 Å². The molecule has 1 fully saturated rings. The summed E-state index contributed by atoms with van der Waals surface area (Å²) >= 11 is 3.29. The number of carboxylic acid groups (broad SMARTS) is 1. The quantitative estimate of drug-likeness (QED) is 0.880. The number of sulfonamides is 1. The molecule has 1 aromatic rings. The first kappa shape index (κ1) is 16.5. The van der Waals surface area contributed by atoms with Crippen LogP contribution >= 0.6 is 15.9 Å². The zero-order valence-corrected chi connectivity index (χ0v) is 14.4. The fraction of sp³-hybridized carbons (Fsp3) is 0.500. The Morgan fingerprint density at radius 1 is 1.38 bits per heavy atom. The smallest absolute Gasteiger partial charge is 0.335 e. The third-order valence-corrected chi connectivity index (χ3v) is 7.15. The van der Waals surface area contributed by atoms with Crippen LogP contribution in [0.5, 0.6) is 0 Å². The molecule has 1 aliphatic heterocycles. The van der Waals surface area contributed by atoms with Crippen LogP contribution in [0.2, 0.25) is 0 Å². The van der Waals surface area contributed by atoms with Crippen LogP contribution in [-0.2, 0) is 10.0 Å². The normalized spacial score (nSPS) is 20.4. The van der Waals surface area contributed by atoms with Gasteiger partial charge in [-0.2, -0.15) is 4.31 Å². The van der Waals surface area contributed by atoms with Gasteiger partial charge in [-0.1, -0.05) is 6.42 Å². The van der Waals surface area contributed by atoms with Crippen LogP contribution in [0.1, 0.15) is 42.1 Å². The Morgan fingerprint density at radius 3 is 2.62 bits per heavy atom. The van der Waals surface area contributed by atoms with Gasteiger partial charge < -0.3 is 5.11 Å². The number of hydrogen-bond donors (Lipinski definition) is 1. The van der Waals surface area contributed by atoms with Gasteiger partial charge in [0.25, 0.3) is 0 Å². The van der Waals surface area contributed by atoms with Crippen molar-refractivity contribution in [2.45, 2.75) is 44.0 Å². The zero-order valence-electron chi connectivity index (χ0n) is 12.0. The van der Waals surface area contributed by atoms with E-state index in [-0.39, 0.29) is 16.5 Å². The van der Waals surface area contributed by atoms with E-state index in [1.54, 1.807) is 6.92 Å². The number of rotatable bonds is 3. The third-order valence-electron chi connectivity index (χ3n) is 3.80. The minimum Gasteiger partial charge on any atom is -0.478 e. The summed E-state index contributed by atoms with van der Waals surface area (Å²) < 4.78 is 27.6. The van der Waals surface area contributed by atoms with Gasteiger partial charge in [0.15, 0.2) is 0 Å². The molecule has 0 saturated carbocycles. The highest BCUT2D eigenvalue weighted by Crippen LogP contribution is 2.32. The van der Waals surface area contributed by atoms with Gasteiger partial charge in [0, 0.05) is 17.1 Å². The molecule has 5 nitrogen and oxygen atoms in total. The maximum atomic E-state index is 12.8. The van der Waals surface area contributed by atoms with Crippen molar-refractivity contribution < 1.29 is 18.3 Å². The lowest BCUT2D eigenvalue weighted by atomic mass is 10.1. The van der Waals surface area contributed by atoms with Gasteiger partial charge in [0.2, 0.25) is 10.0 Å². The molecular formula is C14H18BrNO4S. The second-order valence-electron chi connectivity index (χ2n) is 5.37. The van der Waals surface area contributed by atoms with Gasteiger partial charge in [0.1, 0.15) is 0 Å². The number of nitrogens with zero attached hydrogens (tertiary/aromatic N) is 1. The molecule has 0 bridgehead atoms. The SMILES string of the molecule is Cc1cc(C(=O)O)cc(S(=O)(=O)N2CCCCC2C)c1Br. The summed E-state index contributed by atoms with van der Waals surface area (Å²) in [5.74, 6) is -1.13. The molecule has 21 heavy (non-hydrogen) atoms. The number of carbonyl (C=O) groups is 1. The van der Waals surface area contributed by atoms with E-state index in [4.69, 9.17) is 5.11 Å². The monoisotopic (exact) mass is 375 g/mol. The molecule has 0 aromatic heterocycles. The lowest BCUT2D eigenvalue weighted by Crippen LogP contribution is -2.42. The van der Waals surface area contributed by atoms with Gasteiger partial charge in [-0.05, 0) is 60.3 Å². The molecule has 1 N–H and O–H groups in total. The molecule has 1 atom stereocenters. The molecule has 0 amide bonds. The topological polar surface area (TPSA) is 74.7 Å². The standard InChI is InChI=1S/C14H18BrNO4S/c1-9-7-11(14(17)18)8-12(13(9)15)21(19,20)16-6-4-3-5-10(16)2/h7-8,10H,3-6H2,1-2H3,(H,17,18). The summed E-state index contributed by atoms with van der Waals surface area (Å²) in [6.45, 7) is 4.06. The Hall–Kier alpha value is -0.920. The van der Waals surface area contributed by atoms with Gasteiger partial charge in [-0.25, -0.2) is 13.2 Å². The van der Waals surface area contributed by atoms with Crippen molar-refractivity contribution in [1.29, 1.82) is 0 Å². The van der Waals surface area contributed by atoms with Crippen molar-refractivity contribution in [1.82, 2.24) is 4.31 Å². The Morgan fingerprint density at radius 2 is 2.05 bits per heavy atom. The molecule has 0 radical (unpaired) electrons. The molecule has 1 unspecified atom stereocenters. The van der Waals surface area contributed by atoms with Gasteiger partial charge >= 0.3 is 5.97 Å². The number of carboxylic acids is 1. The lowest BCUT2D eigenvalue weighted by Gasteiger charge is -2.32. The Balaban J connectivity index is 2.56. The molecule has 7 heteroatoms. The molecular weight excluding hydrogens is 358 g/mol. The molecule has 1 aromatic carbocycles. The van der Waals surface area contributed by atoms with Crippen LogP contribution in [0.15, 0.2) is 21.5 Å². The minimum absolute atomic E-state index is 0.0149. The average molecular weight is 376 g/mol. The summed E-state index contributed by atoms with van der Waals surface area (Å²) in [7, 11) is -3.70. The zero-order chi connectivity index (χ0) is 15.8. The largest absolute Gasteiger partial charge is 0.478 e. The van der Waals surface area contributed by atoms with E-state index in [1.807, 2.05) is 6.92 Å². The number of hydrogen-bond acceptors (Lipinski definition) is 3. The van der Waals surface area contributed by atoms with E-state index in [1.165, 1.54) is 16.4 Å². The molecule has 1 saturated heterocycles. The molecule has 1 aliphatic rings. The summed E-state index contributed by atoms with van der Waals surface area (Å²) in [5.41, 5.74) is 0.581. The lowest BCUT2D eigenvalue weighted by molar-refractivity contribution is 0.0696. The van der Waals surface area contributed by atoms with Crippen molar-refractivity contribution >= 4 is 31.9 Å². The van der Waals surface area contributed by atoms with E-state index in [0.717, 1.165) is 19.3 Å². The first-order valence-corrected chi connectivity index (χ1v) is 9.03. The summed E-state index contributed by atoms with van der Waals surface area (Å²) in [4.78, 5) is 11.2. The summed E-state index contributed by atoms with van der Waals surface area (Å²) in [6, 6.07) is 2.63. The predicted octanol–water partition coefficient (Wildman–Crippen LogP) is 3.02. The van der Waals surface area contributed by atoms with Crippen molar-refractivity contribution in [3.8, 4) is 0 Å². The number of benzene rings is 1. The van der Waals surface area contributed by atoms with Crippen LogP contribution in [0, 0.1) is 6.92 Å². The van der Waals surface area contributed by atoms with Crippen LogP contribution in [0.4, 0.5) is 0 Å². The predicted molar refractivity (Wildman–Crippen MR) is 83.0 cm³/mol. The number of halogens is 1. The molecule has 0 aliphatic carbocycles. The van der Waals surface area contributed by atoms with Crippen molar-refractivity contribution in [2.24, 2.45) is 0 Å². The Labute approximate surface area is 133 Å². The summed E-state index contributed by atoms with van der Waals surface area (Å²) in [6.07, 6.45) is 2.68. The molecule has 2 rings (SSSR count). The van der Waals surface area contributed by atoms with E-state index in [2.05, 4.69) is 15.9 Å². The van der Waals surface area contributed by atoms with E-state index in [9.17, 15) is 13.2 Å². The van der Waals surface area contributed by atoms with Crippen molar-refractivity contribution in [3.63, 3.8) is 0 Å². The first-order chi connectivity index (χ1) is 9.75. The number of aromatic carboxylic acids is 1. The Bertz CT molecular complexity index is 672. The molecule has 1 heterocycles. The van der Waals surface area contributed by atoms with E-state index >= 15 is 0 Å². The van der Waals surface area contributed by atoms with E-state index < -0.39 is 16.0 Å². The van der Waals surface area contributed by atoms with Gasteiger partial charge in [-0.3, -0.25) is 0 Å². The summed E-state index contributed by atoms with van der Waals surface area (Å²) in [5, 5.41) is 9.13. The van der Waals surface area contributed by atoms with E-state index in [0.29, 0.717) is 16.6 Å². The number of piperidine rings is 1. The second-order valence-corrected chi connectivity index (χ2v) is 8.02. The third kappa shape index (κ3) is 3.14. The van der Waals surface area contributed by atoms with Crippen LogP contribution in [-0.4, -0.2) is 36.4 Å². The highest BCUT2D eigenvalue weighted by molar-refractivity contribution is 9.10. The van der Waals surface area contributed by atoms with Crippen molar-refractivity contribution in [2.75, 3.05) is 6.54 Å². The van der Waals surface area contributed by atoms with Crippen LogP contribution < -0.4 is 0 Å². The minimum atomic E-state index is -3.70. The fourth-order valence-electron chi connectivity index (χ4n) is 2.60. The average Bonchev–Trinajstić information content (AvgIpc) is 2.41. The first-order valence-electron chi connectivity index (χ1n) is 6.80. The van der Waals surface area contributed by atoms with Crippen molar-refractivity contribution in [3.05, 3.63) is 27.7 Å². The van der Waals surface area contributed by atoms with Gasteiger partial charge in [-0.15, -0.1) is 0 Å².